The van der Waals surface area contributed by atoms with Gasteiger partial charge in [0, 0.05) is 16.1 Å². The van der Waals surface area contributed by atoms with Crippen molar-refractivity contribution in [3.8, 4) is 0 Å². The summed E-state index contributed by atoms with van der Waals surface area (Å²) in [6, 6.07) is 14.2. The van der Waals surface area contributed by atoms with Crippen molar-refractivity contribution < 1.29 is 9.59 Å². The summed E-state index contributed by atoms with van der Waals surface area (Å²) in [5.74, 6) is 0.420. The van der Waals surface area contributed by atoms with E-state index >= 15 is 0 Å². The maximum absolute atomic E-state index is 13.3. The van der Waals surface area contributed by atoms with Gasteiger partial charge in [-0.3, -0.25) is 9.59 Å². The van der Waals surface area contributed by atoms with Crippen LogP contribution >= 0.6 is 11.6 Å². The van der Waals surface area contributed by atoms with Gasteiger partial charge in [0.25, 0.3) is 0 Å². The standard InChI is InChI=1S/C23H22ClNO2/c1-21-13-23(18(21)10-11-22(21,23)2)20(27)25-17-9-8-15(24)12-16(17)19(26)14-6-4-3-5-7-14/h3-9,12,18H,10-11,13H2,1-2H3,(H,25,27)/t18-,21-,22+,23+/m1/s1. The van der Waals surface area contributed by atoms with E-state index in [0.29, 0.717) is 33.2 Å². The highest BCUT2D eigenvalue weighted by atomic mass is 35.5. The highest BCUT2D eigenvalue weighted by Gasteiger charge is 2.91. The van der Waals surface area contributed by atoms with Gasteiger partial charge < -0.3 is 5.32 Å². The first-order valence-electron chi connectivity index (χ1n) is 9.54. The summed E-state index contributed by atoms with van der Waals surface area (Å²) in [5.41, 5.74) is 1.75. The predicted octanol–water partition coefficient (Wildman–Crippen LogP) is 5.34. The lowest BCUT2D eigenvalue weighted by molar-refractivity contribution is -0.326. The molecule has 27 heavy (non-hydrogen) atoms. The average Bonchev–Trinajstić information content (AvgIpc) is 3.06. The number of ketones is 1. The van der Waals surface area contributed by atoms with Crippen LogP contribution in [0.1, 0.15) is 49.0 Å². The van der Waals surface area contributed by atoms with Crippen LogP contribution in [-0.2, 0) is 4.79 Å². The van der Waals surface area contributed by atoms with Crippen LogP contribution in [0.4, 0.5) is 5.69 Å². The summed E-state index contributed by atoms with van der Waals surface area (Å²) in [7, 11) is 0. The van der Waals surface area contributed by atoms with Crippen molar-refractivity contribution in [2.45, 2.75) is 33.1 Å². The molecule has 0 saturated heterocycles. The number of anilines is 1. The lowest BCUT2D eigenvalue weighted by atomic mass is 9.21. The third-order valence-electron chi connectivity index (χ3n) is 8.10. The molecule has 2 aromatic carbocycles. The Hall–Kier alpha value is -2.13. The first-order chi connectivity index (χ1) is 12.8. The Morgan fingerprint density at radius 2 is 1.85 bits per heavy atom. The van der Waals surface area contributed by atoms with Crippen LogP contribution < -0.4 is 5.32 Å². The van der Waals surface area contributed by atoms with Crippen molar-refractivity contribution in [1.29, 1.82) is 0 Å². The van der Waals surface area contributed by atoms with Gasteiger partial charge in [0.05, 0.1) is 11.1 Å². The molecule has 3 nitrogen and oxygen atoms in total. The topological polar surface area (TPSA) is 46.2 Å². The molecule has 4 atom stereocenters. The fourth-order valence-corrected chi connectivity index (χ4v) is 6.68. The predicted molar refractivity (Wildman–Crippen MR) is 106 cm³/mol. The van der Waals surface area contributed by atoms with Crippen molar-refractivity contribution in [3.63, 3.8) is 0 Å². The molecule has 4 bridgehead atoms. The molecule has 7 rings (SSSR count). The molecule has 138 valence electrons. The van der Waals surface area contributed by atoms with Crippen LogP contribution in [-0.4, -0.2) is 11.7 Å². The van der Waals surface area contributed by atoms with E-state index in [2.05, 4.69) is 19.2 Å². The quantitative estimate of drug-likeness (QED) is 0.729. The second kappa shape index (κ2) is 5.23. The highest BCUT2D eigenvalue weighted by molar-refractivity contribution is 6.31. The van der Waals surface area contributed by atoms with Gasteiger partial charge in [0.2, 0.25) is 5.91 Å². The van der Waals surface area contributed by atoms with Gasteiger partial charge >= 0.3 is 0 Å². The average molecular weight is 380 g/mol. The maximum Gasteiger partial charge on any atom is 0.231 e. The Morgan fingerprint density at radius 3 is 2.48 bits per heavy atom. The molecule has 0 aliphatic heterocycles. The summed E-state index contributed by atoms with van der Waals surface area (Å²) < 4.78 is 0. The van der Waals surface area contributed by atoms with Crippen LogP contribution in [0.5, 0.6) is 0 Å². The van der Waals surface area contributed by atoms with Crippen LogP contribution in [0.25, 0.3) is 0 Å². The van der Waals surface area contributed by atoms with E-state index in [1.165, 1.54) is 0 Å². The SMILES string of the molecule is C[C@]12CC[C@@H]3[C@@]1(C)C[C@@]32C(=O)Nc1ccc(Cl)cc1C(=O)c1ccccc1. The minimum atomic E-state index is -0.256. The van der Waals surface area contributed by atoms with Crippen LogP contribution in [0.15, 0.2) is 48.5 Å². The molecule has 5 aliphatic rings. The zero-order chi connectivity index (χ0) is 19.0. The second-order valence-corrected chi connectivity index (χ2v) is 9.26. The minimum absolute atomic E-state index is 0.0701. The number of amides is 1. The largest absolute Gasteiger partial charge is 0.325 e. The van der Waals surface area contributed by atoms with Crippen molar-refractivity contribution in [3.05, 3.63) is 64.7 Å². The molecule has 0 unspecified atom stereocenters. The van der Waals surface area contributed by atoms with Crippen LogP contribution in [0.3, 0.4) is 0 Å². The monoisotopic (exact) mass is 379 g/mol. The van der Waals surface area contributed by atoms with E-state index in [1.807, 2.05) is 18.2 Å². The normalized spacial score (nSPS) is 35.1. The Kier molecular flexibility index (Phi) is 3.29. The summed E-state index contributed by atoms with van der Waals surface area (Å²) in [4.78, 5) is 26.3. The number of carbonyl (C=O) groups is 2. The van der Waals surface area contributed by atoms with Gasteiger partial charge in [-0.2, -0.15) is 0 Å². The van der Waals surface area contributed by atoms with Gasteiger partial charge in [0.1, 0.15) is 0 Å². The maximum atomic E-state index is 13.3. The number of hydrogen-bond donors (Lipinski definition) is 1. The highest BCUT2D eigenvalue weighted by Crippen LogP contribution is 2.93. The number of benzene rings is 2. The molecule has 5 aliphatic carbocycles. The lowest BCUT2D eigenvalue weighted by Crippen LogP contribution is -2.81. The van der Waals surface area contributed by atoms with Gasteiger partial charge in [-0.25, -0.2) is 0 Å². The van der Waals surface area contributed by atoms with Gasteiger partial charge in [0.15, 0.2) is 5.78 Å². The summed E-state index contributed by atoms with van der Waals surface area (Å²) >= 11 is 6.15. The van der Waals surface area contributed by atoms with Crippen molar-refractivity contribution in [2.24, 2.45) is 22.2 Å². The third-order valence-corrected chi connectivity index (χ3v) is 8.34. The zero-order valence-electron chi connectivity index (χ0n) is 15.5. The Labute approximate surface area is 164 Å². The first kappa shape index (κ1) is 17.0. The molecule has 0 heterocycles. The number of rotatable bonds is 4. The number of nitrogens with one attached hydrogen (secondary N) is 1. The smallest absolute Gasteiger partial charge is 0.231 e. The molecule has 0 spiro atoms. The number of fused-ring (bicyclic) bond motifs is 1. The molecule has 4 heteroatoms. The molecule has 0 aromatic heterocycles. The van der Waals surface area contributed by atoms with Crippen LogP contribution in [0.2, 0.25) is 5.02 Å². The summed E-state index contributed by atoms with van der Waals surface area (Å²) in [5, 5.41) is 3.58. The van der Waals surface area contributed by atoms with Gasteiger partial charge in [-0.15, -0.1) is 0 Å². The van der Waals surface area contributed by atoms with Crippen molar-refractivity contribution in [2.75, 3.05) is 5.32 Å². The third kappa shape index (κ3) is 1.84. The fourth-order valence-electron chi connectivity index (χ4n) is 6.51. The Bertz CT molecular complexity index is 987. The molecule has 1 amide bonds. The van der Waals surface area contributed by atoms with E-state index in [4.69, 9.17) is 11.6 Å². The van der Waals surface area contributed by atoms with E-state index in [-0.39, 0.29) is 22.5 Å². The summed E-state index contributed by atoms with van der Waals surface area (Å²) in [6.45, 7) is 4.59. The molecular formula is C23H22ClNO2. The fraction of sp³-hybridized carbons (Fsp3) is 0.391. The van der Waals surface area contributed by atoms with Gasteiger partial charge in [-0.05, 0) is 54.2 Å². The molecule has 5 saturated carbocycles. The van der Waals surface area contributed by atoms with Gasteiger partial charge in [-0.1, -0.05) is 55.8 Å². The Morgan fingerprint density at radius 1 is 1.11 bits per heavy atom. The lowest BCUT2D eigenvalue weighted by Gasteiger charge is -2.81. The van der Waals surface area contributed by atoms with Crippen LogP contribution in [0, 0.1) is 22.2 Å². The summed E-state index contributed by atoms with van der Waals surface area (Å²) in [6.07, 6.45) is 3.22. The number of carbonyl (C=O) groups excluding carboxylic acids is 2. The van der Waals surface area contributed by atoms with E-state index in [1.54, 1.807) is 30.3 Å². The molecule has 2 aromatic rings. The van der Waals surface area contributed by atoms with Crippen molar-refractivity contribution in [1.82, 2.24) is 0 Å². The van der Waals surface area contributed by atoms with E-state index in [9.17, 15) is 9.59 Å². The minimum Gasteiger partial charge on any atom is -0.325 e. The molecular weight excluding hydrogens is 358 g/mol. The molecule has 0 radical (unpaired) electrons. The number of hydrogen-bond acceptors (Lipinski definition) is 2. The first-order valence-corrected chi connectivity index (χ1v) is 9.92. The number of halogens is 1. The van der Waals surface area contributed by atoms with Crippen molar-refractivity contribution >= 4 is 29.0 Å². The van der Waals surface area contributed by atoms with E-state index < -0.39 is 0 Å². The second-order valence-electron chi connectivity index (χ2n) is 8.83. The molecule has 5 fully saturated rings. The Balaban J connectivity index is 1.47. The molecule has 1 N–H and O–H groups in total. The zero-order valence-corrected chi connectivity index (χ0v) is 16.3. The van der Waals surface area contributed by atoms with E-state index in [0.717, 1.165) is 19.3 Å².